The SMILES string of the molecule is Cl.Oc1cc2c(cc1O)C(COc1cccc(C(F)(F)F)c1)NCC2. The van der Waals surface area contributed by atoms with Gasteiger partial charge in [0.2, 0.25) is 0 Å². The molecular formula is C17H17ClF3NO3. The van der Waals surface area contributed by atoms with Crippen LogP contribution < -0.4 is 10.1 Å². The number of ether oxygens (including phenoxy) is 1. The first kappa shape index (κ1) is 19.2. The van der Waals surface area contributed by atoms with Gasteiger partial charge in [-0.1, -0.05) is 6.07 Å². The fourth-order valence-corrected chi connectivity index (χ4v) is 2.76. The minimum Gasteiger partial charge on any atom is -0.504 e. The first-order chi connectivity index (χ1) is 11.3. The summed E-state index contributed by atoms with van der Waals surface area (Å²) in [6.45, 7) is 0.756. The predicted molar refractivity (Wildman–Crippen MR) is 88.4 cm³/mol. The van der Waals surface area contributed by atoms with Gasteiger partial charge < -0.3 is 20.3 Å². The van der Waals surface area contributed by atoms with E-state index in [-0.39, 0.29) is 42.3 Å². The smallest absolute Gasteiger partial charge is 0.416 e. The lowest BCUT2D eigenvalue weighted by atomic mass is 9.94. The van der Waals surface area contributed by atoms with E-state index in [9.17, 15) is 23.4 Å². The molecule has 1 aliphatic heterocycles. The molecule has 2 aromatic rings. The number of halogens is 4. The van der Waals surface area contributed by atoms with E-state index in [1.807, 2.05) is 0 Å². The number of aromatic hydroxyl groups is 2. The number of benzene rings is 2. The summed E-state index contributed by atoms with van der Waals surface area (Å²) in [7, 11) is 0. The van der Waals surface area contributed by atoms with Gasteiger partial charge in [-0.3, -0.25) is 0 Å². The summed E-state index contributed by atoms with van der Waals surface area (Å²) >= 11 is 0. The molecule has 1 atom stereocenters. The quantitative estimate of drug-likeness (QED) is 0.714. The molecule has 8 heteroatoms. The highest BCUT2D eigenvalue weighted by molar-refractivity contribution is 5.85. The van der Waals surface area contributed by atoms with Gasteiger partial charge in [-0.2, -0.15) is 13.2 Å². The number of hydrogen-bond donors (Lipinski definition) is 3. The highest BCUT2D eigenvalue weighted by atomic mass is 35.5. The zero-order valence-electron chi connectivity index (χ0n) is 13.0. The molecule has 0 aromatic heterocycles. The Labute approximate surface area is 148 Å². The first-order valence-electron chi connectivity index (χ1n) is 7.43. The van der Waals surface area contributed by atoms with Crippen LogP contribution in [0.4, 0.5) is 13.2 Å². The Balaban J connectivity index is 0.00000225. The summed E-state index contributed by atoms with van der Waals surface area (Å²) in [6.07, 6.45) is -3.73. The van der Waals surface area contributed by atoms with Crippen molar-refractivity contribution in [2.24, 2.45) is 0 Å². The summed E-state index contributed by atoms with van der Waals surface area (Å²) in [5.74, 6) is -0.295. The molecule has 136 valence electrons. The van der Waals surface area contributed by atoms with Gasteiger partial charge in [-0.25, -0.2) is 0 Å². The van der Waals surface area contributed by atoms with E-state index in [0.29, 0.717) is 13.0 Å². The molecule has 3 rings (SSSR count). The van der Waals surface area contributed by atoms with Crippen molar-refractivity contribution >= 4 is 12.4 Å². The van der Waals surface area contributed by atoms with Crippen molar-refractivity contribution in [1.29, 1.82) is 0 Å². The third-order valence-electron chi connectivity index (χ3n) is 3.97. The molecule has 0 saturated carbocycles. The third kappa shape index (κ3) is 4.29. The Bertz CT molecular complexity index is 752. The number of phenolic OH excluding ortho intramolecular Hbond substituents is 2. The van der Waals surface area contributed by atoms with Crippen molar-refractivity contribution in [2.45, 2.75) is 18.6 Å². The molecule has 0 bridgehead atoms. The van der Waals surface area contributed by atoms with E-state index in [1.54, 1.807) is 0 Å². The van der Waals surface area contributed by atoms with Crippen LogP contribution >= 0.6 is 12.4 Å². The number of fused-ring (bicyclic) bond motifs is 1. The van der Waals surface area contributed by atoms with Crippen molar-refractivity contribution in [3.63, 3.8) is 0 Å². The van der Waals surface area contributed by atoms with Crippen molar-refractivity contribution in [2.75, 3.05) is 13.2 Å². The molecule has 0 saturated heterocycles. The number of hydrogen-bond acceptors (Lipinski definition) is 4. The molecule has 0 amide bonds. The van der Waals surface area contributed by atoms with Crippen LogP contribution in [0.1, 0.15) is 22.7 Å². The summed E-state index contributed by atoms with van der Waals surface area (Å²) in [5.41, 5.74) is 0.879. The Morgan fingerprint density at radius 1 is 1.12 bits per heavy atom. The molecule has 0 radical (unpaired) electrons. The highest BCUT2D eigenvalue weighted by Gasteiger charge is 2.30. The molecule has 3 N–H and O–H groups in total. The average Bonchev–Trinajstić information content (AvgIpc) is 2.53. The Hall–Kier alpha value is -2.12. The van der Waals surface area contributed by atoms with E-state index in [4.69, 9.17) is 4.74 Å². The number of alkyl halides is 3. The first-order valence-corrected chi connectivity index (χ1v) is 7.43. The van der Waals surface area contributed by atoms with Crippen LogP contribution in [0, 0.1) is 0 Å². The fourth-order valence-electron chi connectivity index (χ4n) is 2.76. The molecular weight excluding hydrogens is 359 g/mol. The van der Waals surface area contributed by atoms with Crippen LogP contribution in [-0.2, 0) is 12.6 Å². The second kappa shape index (κ2) is 7.41. The maximum Gasteiger partial charge on any atom is 0.416 e. The molecule has 2 aromatic carbocycles. The van der Waals surface area contributed by atoms with Crippen LogP contribution in [0.2, 0.25) is 0 Å². The zero-order valence-corrected chi connectivity index (χ0v) is 13.8. The summed E-state index contributed by atoms with van der Waals surface area (Å²) in [6, 6.07) is 7.38. The molecule has 1 unspecified atom stereocenters. The Morgan fingerprint density at radius 3 is 2.56 bits per heavy atom. The van der Waals surface area contributed by atoms with E-state index in [1.165, 1.54) is 24.3 Å². The van der Waals surface area contributed by atoms with Crippen LogP contribution in [0.25, 0.3) is 0 Å². The van der Waals surface area contributed by atoms with Gasteiger partial charge in [-0.15, -0.1) is 12.4 Å². The van der Waals surface area contributed by atoms with Gasteiger partial charge in [0.15, 0.2) is 11.5 Å². The lowest BCUT2D eigenvalue weighted by Crippen LogP contribution is -2.33. The minimum atomic E-state index is -4.42. The van der Waals surface area contributed by atoms with E-state index >= 15 is 0 Å². The lowest BCUT2D eigenvalue weighted by Gasteiger charge is -2.27. The number of rotatable bonds is 3. The topological polar surface area (TPSA) is 61.7 Å². The second-order valence-electron chi connectivity index (χ2n) is 5.63. The number of phenols is 2. The van der Waals surface area contributed by atoms with Gasteiger partial charge in [0.25, 0.3) is 0 Å². The van der Waals surface area contributed by atoms with Crippen LogP contribution in [0.3, 0.4) is 0 Å². The van der Waals surface area contributed by atoms with Crippen LogP contribution in [0.5, 0.6) is 17.2 Å². The van der Waals surface area contributed by atoms with Crippen LogP contribution in [-0.4, -0.2) is 23.4 Å². The Kier molecular flexibility index (Phi) is 5.69. The normalized spacial score (nSPS) is 16.7. The highest BCUT2D eigenvalue weighted by Crippen LogP contribution is 2.34. The molecule has 0 fully saturated rings. The largest absolute Gasteiger partial charge is 0.504 e. The van der Waals surface area contributed by atoms with Gasteiger partial charge >= 0.3 is 6.18 Å². The summed E-state index contributed by atoms with van der Waals surface area (Å²) in [5, 5.41) is 22.4. The lowest BCUT2D eigenvalue weighted by molar-refractivity contribution is -0.137. The van der Waals surface area contributed by atoms with Crippen molar-refractivity contribution in [3.8, 4) is 17.2 Å². The van der Waals surface area contributed by atoms with E-state index < -0.39 is 11.7 Å². The standard InChI is InChI=1S/C17H16F3NO3.ClH/c18-17(19,20)11-2-1-3-12(7-11)24-9-14-13-8-16(23)15(22)6-10(13)4-5-21-14;/h1-3,6-8,14,21-23H,4-5,9H2;1H. The van der Waals surface area contributed by atoms with Gasteiger partial charge in [0, 0.05) is 0 Å². The maximum atomic E-state index is 12.7. The monoisotopic (exact) mass is 375 g/mol. The third-order valence-corrected chi connectivity index (χ3v) is 3.97. The molecule has 25 heavy (non-hydrogen) atoms. The molecule has 1 heterocycles. The van der Waals surface area contributed by atoms with Crippen LogP contribution in [0.15, 0.2) is 36.4 Å². The van der Waals surface area contributed by atoms with Crippen molar-refractivity contribution in [1.82, 2.24) is 5.32 Å². The van der Waals surface area contributed by atoms with E-state index in [2.05, 4.69) is 5.32 Å². The van der Waals surface area contributed by atoms with E-state index in [0.717, 1.165) is 23.3 Å². The van der Waals surface area contributed by atoms with Gasteiger partial charge in [0.1, 0.15) is 12.4 Å². The molecule has 4 nitrogen and oxygen atoms in total. The Morgan fingerprint density at radius 2 is 1.84 bits per heavy atom. The van der Waals surface area contributed by atoms with Crippen molar-refractivity contribution < 1.29 is 28.1 Å². The average molecular weight is 376 g/mol. The second-order valence-corrected chi connectivity index (χ2v) is 5.63. The summed E-state index contributed by atoms with van der Waals surface area (Å²) in [4.78, 5) is 0. The number of nitrogens with one attached hydrogen (secondary N) is 1. The van der Waals surface area contributed by atoms with Gasteiger partial charge in [0.05, 0.1) is 11.6 Å². The minimum absolute atomic E-state index is 0. The molecule has 0 aliphatic carbocycles. The predicted octanol–water partition coefficient (Wildman–Crippen LogP) is 3.80. The molecule has 0 spiro atoms. The molecule has 1 aliphatic rings. The summed E-state index contributed by atoms with van der Waals surface area (Å²) < 4.78 is 43.7. The maximum absolute atomic E-state index is 12.7. The fraction of sp³-hybridized carbons (Fsp3) is 0.294. The van der Waals surface area contributed by atoms with Gasteiger partial charge in [-0.05, 0) is 54.4 Å². The zero-order chi connectivity index (χ0) is 17.3. The van der Waals surface area contributed by atoms with Crippen molar-refractivity contribution in [3.05, 3.63) is 53.1 Å².